The van der Waals surface area contributed by atoms with Crippen LogP contribution in [0, 0.1) is 17.6 Å². The predicted octanol–water partition coefficient (Wildman–Crippen LogP) is 6.36. The lowest BCUT2D eigenvalue weighted by Crippen LogP contribution is -2.25. The van der Waals surface area contributed by atoms with Gasteiger partial charge in [-0.2, -0.15) is 15.0 Å². The summed E-state index contributed by atoms with van der Waals surface area (Å²) in [5.41, 5.74) is 2.91. The fourth-order valence-corrected chi connectivity index (χ4v) is 4.92. The van der Waals surface area contributed by atoms with Gasteiger partial charge >= 0.3 is 0 Å². The van der Waals surface area contributed by atoms with Gasteiger partial charge in [0.25, 0.3) is 0 Å². The zero-order chi connectivity index (χ0) is 29.1. The van der Waals surface area contributed by atoms with E-state index in [1.807, 2.05) is 24.3 Å². The van der Waals surface area contributed by atoms with Gasteiger partial charge in [0.1, 0.15) is 11.6 Å². The third kappa shape index (κ3) is 8.70. The molecule has 8 nitrogen and oxygen atoms in total. The van der Waals surface area contributed by atoms with Gasteiger partial charge in [0.2, 0.25) is 23.8 Å². The van der Waals surface area contributed by atoms with E-state index in [9.17, 15) is 13.6 Å². The molecule has 1 fully saturated rings. The second-order valence-corrected chi connectivity index (χ2v) is 10.5. The van der Waals surface area contributed by atoms with E-state index in [2.05, 4.69) is 36.2 Å². The van der Waals surface area contributed by atoms with Gasteiger partial charge in [-0.25, -0.2) is 8.78 Å². The normalized spacial score (nSPS) is 13.4. The molecule has 0 aliphatic heterocycles. The number of carbonyl (C=O) groups is 1. The molecule has 0 spiro atoms. The van der Waals surface area contributed by atoms with Crippen LogP contribution in [0.15, 0.2) is 72.8 Å². The molecular formula is C32H35F2N7O. The Bertz CT molecular complexity index is 1460. The molecule has 1 saturated carbocycles. The molecule has 3 aromatic carbocycles. The van der Waals surface area contributed by atoms with Crippen LogP contribution in [0.5, 0.6) is 0 Å². The van der Waals surface area contributed by atoms with Crippen molar-refractivity contribution in [2.45, 2.75) is 51.6 Å². The number of amides is 1. The van der Waals surface area contributed by atoms with Crippen LogP contribution in [0.25, 0.3) is 0 Å². The molecule has 0 atom stereocenters. The number of rotatable bonds is 12. The van der Waals surface area contributed by atoms with Crippen molar-refractivity contribution < 1.29 is 13.6 Å². The van der Waals surface area contributed by atoms with Gasteiger partial charge in [-0.1, -0.05) is 61.7 Å². The summed E-state index contributed by atoms with van der Waals surface area (Å²) in [4.78, 5) is 26.1. The highest BCUT2D eigenvalue weighted by molar-refractivity contribution is 5.78. The lowest BCUT2D eigenvalue weighted by molar-refractivity contribution is -0.120. The van der Waals surface area contributed by atoms with E-state index in [1.165, 1.54) is 50.3 Å². The predicted molar refractivity (Wildman–Crippen MR) is 160 cm³/mol. The molecule has 218 valence electrons. The number of carbonyl (C=O) groups excluding carboxylic acids is 1. The van der Waals surface area contributed by atoms with Crippen molar-refractivity contribution in [1.82, 2.24) is 20.3 Å². The lowest BCUT2D eigenvalue weighted by Gasteiger charge is -2.21. The summed E-state index contributed by atoms with van der Waals surface area (Å²) in [5, 5.41) is 12.6. The zero-order valence-electron chi connectivity index (χ0n) is 23.4. The lowest BCUT2D eigenvalue weighted by atomic mass is 9.89. The van der Waals surface area contributed by atoms with E-state index in [1.54, 1.807) is 30.3 Å². The molecule has 1 aliphatic carbocycles. The maximum Gasteiger partial charge on any atom is 0.233 e. The van der Waals surface area contributed by atoms with Gasteiger partial charge in [-0.05, 0) is 60.2 Å². The summed E-state index contributed by atoms with van der Waals surface area (Å²) in [6, 6.07) is 20.1. The number of hydrogen-bond acceptors (Lipinski definition) is 7. The number of benzene rings is 3. The summed E-state index contributed by atoms with van der Waals surface area (Å²) < 4.78 is 27.1. The van der Waals surface area contributed by atoms with Gasteiger partial charge in [-0.3, -0.25) is 4.79 Å². The molecule has 10 heteroatoms. The van der Waals surface area contributed by atoms with Gasteiger partial charge < -0.3 is 21.3 Å². The van der Waals surface area contributed by atoms with E-state index in [-0.39, 0.29) is 30.5 Å². The van der Waals surface area contributed by atoms with Gasteiger partial charge in [-0.15, -0.1) is 0 Å². The summed E-state index contributed by atoms with van der Waals surface area (Å²) in [5.74, 6) is 1.02. The minimum atomic E-state index is -0.340. The largest absolute Gasteiger partial charge is 0.354 e. The smallest absolute Gasteiger partial charge is 0.233 e. The van der Waals surface area contributed by atoms with Crippen molar-refractivity contribution in [1.29, 1.82) is 0 Å². The van der Waals surface area contributed by atoms with Crippen molar-refractivity contribution in [3.8, 4) is 0 Å². The van der Waals surface area contributed by atoms with Crippen molar-refractivity contribution >= 4 is 29.4 Å². The highest BCUT2D eigenvalue weighted by Crippen LogP contribution is 2.24. The minimum Gasteiger partial charge on any atom is -0.354 e. The van der Waals surface area contributed by atoms with Crippen molar-refractivity contribution in [3.63, 3.8) is 0 Å². The maximum absolute atomic E-state index is 13.8. The molecular weight excluding hydrogens is 536 g/mol. The van der Waals surface area contributed by atoms with Crippen LogP contribution >= 0.6 is 0 Å². The van der Waals surface area contributed by atoms with Crippen LogP contribution in [0.1, 0.15) is 48.8 Å². The first-order chi connectivity index (χ1) is 20.5. The Morgan fingerprint density at radius 2 is 1.40 bits per heavy atom. The van der Waals surface area contributed by atoms with Crippen LogP contribution in [0.4, 0.5) is 32.3 Å². The second-order valence-electron chi connectivity index (χ2n) is 10.5. The second kappa shape index (κ2) is 14.3. The Labute approximate surface area is 244 Å². The highest BCUT2D eigenvalue weighted by atomic mass is 19.1. The van der Waals surface area contributed by atoms with E-state index in [0.717, 1.165) is 23.4 Å². The Hall–Kier alpha value is -4.60. The topological polar surface area (TPSA) is 104 Å². The molecule has 4 aromatic rings. The number of nitrogens with one attached hydrogen (secondary N) is 4. The number of anilines is 4. The summed E-state index contributed by atoms with van der Waals surface area (Å²) in [6.45, 7) is 1.37. The van der Waals surface area contributed by atoms with Gasteiger partial charge in [0.05, 0.1) is 6.42 Å². The summed E-state index contributed by atoms with van der Waals surface area (Å²) in [6.07, 6.45) is 6.38. The third-order valence-electron chi connectivity index (χ3n) is 7.28. The van der Waals surface area contributed by atoms with E-state index < -0.39 is 0 Å². The van der Waals surface area contributed by atoms with Crippen LogP contribution < -0.4 is 21.3 Å². The monoisotopic (exact) mass is 571 g/mol. The molecule has 4 N–H and O–H groups in total. The Morgan fingerprint density at radius 3 is 2.14 bits per heavy atom. The van der Waals surface area contributed by atoms with E-state index in [4.69, 9.17) is 0 Å². The van der Waals surface area contributed by atoms with Crippen molar-refractivity contribution in [3.05, 3.63) is 101 Å². The zero-order valence-corrected chi connectivity index (χ0v) is 23.4. The Morgan fingerprint density at radius 1 is 0.738 bits per heavy atom. The first kappa shape index (κ1) is 28.9. The first-order valence-electron chi connectivity index (χ1n) is 14.3. The van der Waals surface area contributed by atoms with Gasteiger partial charge in [0, 0.05) is 30.9 Å². The molecule has 0 bridgehead atoms. The van der Waals surface area contributed by atoms with Crippen LogP contribution in [-0.4, -0.2) is 27.4 Å². The fourth-order valence-electron chi connectivity index (χ4n) is 4.92. The molecule has 5 rings (SSSR count). The summed E-state index contributed by atoms with van der Waals surface area (Å²) >= 11 is 0. The van der Waals surface area contributed by atoms with E-state index in [0.29, 0.717) is 35.9 Å². The van der Waals surface area contributed by atoms with Crippen molar-refractivity contribution in [2.75, 3.05) is 22.5 Å². The van der Waals surface area contributed by atoms with Crippen LogP contribution in [0.2, 0.25) is 0 Å². The molecule has 1 amide bonds. The number of halogens is 2. The first-order valence-corrected chi connectivity index (χ1v) is 14.3. The number of nitrogens with zero attached hydrogens (tertiary/aromatic N) is 3. The standard InChI is InChI=1S/C32H35F2N7O/c33-26-14-10-24(11-15-26)20-37-31-39-30(36-19-23-6-2-1-3-7-23)40-32(41-31)38-27-16-12-22(13-17-27)18-29(42)35-21-25-8-4-5-9-28(25)34/h4-5,8-17,23H,1-3,6-7,18-21H2,(H,35,42)(H3,36,37,38,39,40,41). The highest BCUT2D eigenvalue weighted by Gasteiger charge is 2.15. The quantitative estimate of drug-likeness (QED) is 0.157. The average molecular weight is 572 g/mol. The molecule has 0 radical (unpaired) electrons. The molecule has 1 heterocycles. The Balaban J connectivity index is 1.21. The molecule has 0 saturated heterocycles. The molecule has 1 aromatic heterocycles. The SMILES string of the molecule is O=C(Cc1ccc(Nc2nc(NCc3ccc(F)cc3)nc(NCC3CCCCC3)n2)cc1)NCc1ccccc1F. The Kier molecular flexibility index (Phi) is 9.87. The minimum absolute atomic E-state index is 0.138. The number of aromatic nitrogens is 3. The number of hydrogen-bond donors (Lipinski definition) is 4. The summed E-state index contributed by atoms with van der Waals surface area (Å²) in [7, 11) is 0. The fraction of sp³-hybridized carbons (Fsp3) is 0.312. The molecule has 0 unspecified atom stereocenters. The molecule has 42 heavy (non-hydrogen) atoms. The third-order valence-corrected chi connectivity index (χ3v) is 7.28. The molecule has 1 aliphatic rings. The van der Waals surface area contributed by atoms with Crippen LogP contribution in [0.3, 0.4) is 0 Å². The van der Waals surface area contributed by atoms with Crippen molar-refractivity contribution in [2.24, 2.45) is 5.92 Å². The van der Waals surface area contributed by atoms with Crippen LogP contribution in [-0.2, 0) is 24.3 Å². The average Bonchev–Trinajstić information content (AvgIpc) is 3.01. The van der Waals surface area contributed by atoms with E-state index >= 15 is 0 Å². The maximum atomic E-state index is 13.8. The van der Waals surface area contributed by atoms with Gasteiger partial charge in [0.15, 0.2) is 0 Å².